The number of hydrogen-bond donors (Lipinski definition) is 1. The van der Waals surface area contributed by atoms with Crippen LogP contribution in [0.2, 0.25) is 0 Å². The topological polar surface area (TPSA) is 71.4 Å². The summed E-state index contributed by atoms with van der Waals surface area (Å²) in [4.78, 5) is 41.0. The second-order valence-corrected chi connectivity index (χ2v) is 8.99. The highest BCUT2D eigenvalue weighted by Crippen LogP contribution is 2.32. The van der Waals surface area contributed by atoms with E-state index in [4.69, 9.17) is 0 Å². The molecule has 1 aliphatic heterocycles. The Morgan fingerprint density at radius 3 is 2.26 bits per heavy atom. The number of aromatic nitrogens is 1. The van der Waals surface area contributed by atoms with Crippen molar-refractivity contribution in [1.29, 1.82) is 0 Å². The van der Waals surface area contributed by atoms with Crippen molar-refractivity contribution in [2.24, 2.45) is 0 Å². The van der Waals surface area contributed by atoms with Gasteiger partial charge in [-0.25, -0.2) is 0 Å². The highest BCUT2D eigenvalue weighted by atomic mass is 19.4. The van der Waals surface area contributed by atoms with Crippen molar-refractivity contribution < 1.29 is 22.8 Å². The molecule has 9 heteroatoms. The SMILES string of the molecule is O=C(NCc1ccccc1C(F)(F)F)c1cn(C2CCCC2)cc(C(=O)N2CCCCC2)c1=O. The van der Waals surface area contributed by atoms with Gasteiger partial charge in [-0.05, 0) is 43.7 Å². The lowest BCUT2D eigenvalue weighted by Crippen LogP contribution is -2.40. The molecule has 182 valence electrons. The largest absolute Gasteiger partial charge is 0.416 e. The molecule has 1 aromatic carbocycles. The number of rotatable bonds is 5. The number of amides is 2. The third kappa shape index (κ3) is 5.18. The van der Waals surface area contributed by atoms with Gasteiger partial charge in [0.15, 0.2) is 0 Å². The van der Waals surface area contributed by atoms with Crippen LogP contribution >= 0.6 is 0 Å². The van der Waals surface area contributed by atoms with E-state index in [9.17, 15) is 27.6 Å². The van der Waals surface area contributed by atoms with E-state index in [2.05, 4.69) is 5.32 Å². The summed E-state index contributed by atoms with van der Waals surface area (Å²) in [5, 5.41) is 2.45. The smallest absolute Gasteiger partial charge is 0.349 e. The van der Waals surface area contributed by atoms with Gasteiger partial charge in [0.25, 0.3) is 11.8 Å². The van der Waals surface area contributed by atoms with Crippen LogP contribution in [0.15, 0.2) is 41.5 Å². The molecule has 0 bridgehead atoms. The molecule has 0 radical (unpaired) electrons. The van der Waals surface area contributed by atoms with Crippen LogP contribution in [-0.4, -0.2) is 34.4 Å². The summed E-state index contributed by atoms with van der Waals surface area (Å²) >= 11 is 0. The van der Waals surface area contributed by atoms with Crippen molar-refractivity contribution in [2.45, 2.75) is 63.7 Å². The van der Waals surface area contributed by atoms with Gasteiger partial charge < -0.3 is 14.8 Å². The van der Waals surface area contributed by atoms with E-state index in [1.807, 2.05) is 0 Å². The first-order valence-electron chi connectivity index (χ1n) is 11.7. The molecule has 34 heavy (non-hydrogen) atoms. The third-order valence-electron chi connectivity index (χ3n) is 6.67. The van der Waals surface area contributed by atoms with Crippen molar-refractivity contribution in [1.82, 2.24) is 14.8 Å². The van der Waals surface area contributed by atoms with Crippen molar-refractivity contribution in [2.75, 3.05) is 13.1 Å². The summed E-state index contributed by atoms with van der Waals surface area (Å²) in [7, 11) is 0. The molecular weight excluding hydrogens is 447 g/mol. The molecule has 2 aromatic rings. The van der Waals surface area contributed by atoms with Gasteiger partial charge in [-0.2, -0.15) is 13.2 Å². The first-order chi connectivity index (χ1) is 16.3. The maximum Gasteiger partial charge on any atom is 0.416 e. The highest BCUT2D eigenvalue weighted by molar-refractivity contribution is 5.99. The number of halogens is 3. The zero-order chi connectivity index (χ0) is 24.3. The minimum absolute atomic E-state index is 0.0582. The summed E-state index contributed by atoms with van der Waals surface area (Å²) in [6, 6.07) is 5.06. The van der Waals surface area contributed by atoms with Crippen LogP contribution in [0, 0.1) is 0 Å². The van der Waals surface area contributed by atoms with E-state index in [0.717, 1.165) is 51.0 Å². The first kappa shape index (κ1) is 24.0. The average molecular weight is 476 g/mol. The molecule has 2 fully saturated rings. The zero-order valence-electron chi connectivity index (χ0n) is 18.9. The maximum atomic E-state index is 13.3. The number of benzene rings is 1. The number of nitrogens with zero attached hydrogens (tertiary/aromatic N) is 2. The molecule has 6 nitrogen and oxygen atoms in total. The Labute approximate surface area is 195 Å². The van der Waals surface area contributed by atoms with Gasteiger partial charge in [0, 0.05) is 38.1 Å². The molecule has 2 amide bonds. The Morgan fingerprint density at radius 2 is 1.59 bits per heavy atom. The molecule has 1 aliphatic carbocycles. The number of likely N-dealkylation sites (tertiary alicyclic amines) is 1. The molecule has 1 aromatic heterocycles. The molecule has 1 saturated heterocycles. The zero-order valence-corrected chi connectivity index (χ0v) is 18.9. The number of piperidine rings is 1. The summed E-state index contributed by atoms with van der Waals surface area (Å²) in [5.41, 5.74) is -1.91. The Hall–Kier alpha value is -3.10. The maximum absolute atomic E-state index is 13.3. The van der Waals surface area contributed by atoms with Gasteiger partial charge in [0.05, 0.1) is 5.56 Å². The second kappa shape index (κ2) is 10.0. The van der Waals surface area contributed by atoms with Crippen molar-refractivity contribution in [3.63, 3.8) is 0 Å². The van der Waals surface area contributed by atoms with Crippen LogP contribution in [0.1, 0.15) is 82.8 Å². The summed E-state index contributed by atoms with van der Waals surface area (Å²) in [5.74, 6) is -1.18. The molecule has 1 N–H and O–H groups in total. The molecule has 1 saturated carbocycles. The Kier molecular flexibility index (Phi) is 7.09. The number of carbonyl (C=O) groups is 2. The van der Waals surface area contributed by atoms with Gasteiger partial charge >= 0.3 is 6.18 Å². The average Bonchev–Trinajstić information content (AvgIpc) is 3.37. The van der Waals surface area contributed by atoms with E-state index in [1.54, 1.807) is 15.7 Å². The Balaban J connectivity index is 1.64. The predicted molar refractivity (Wildman–Crippen MR) is 121 cm³/mol. The molecule has 2 aliphatic rings. The van der Waals surface area contributed by atoms with Crippen LogP contribution in [0.25, 0.3) is 0 Å². The third-order valence-corrected chi connectivity index (χ3v) is 6.67. The molecule has 0 unspecified atom stereocenters. The molecule has 4 rings (SSSR count). The van der Waals surface area contributed by atoms with Gasteiger partial charge in [0.1, 0.15) is 11.1 Å². The first-order valence-corrected chi connectivity index (χ1v) is 11.7. The fourth-order valence-corrected chi connectivity index (χ4v) is 4.81. The lowest BCUT2D eigenvalue weighted by atomic mass is 10.1. The normalized spacial score (nSPS) is 17.1. The van der Waals surface area contributed by atoms with Crippen LogP contribution in [-0.2, 0) is 12.7 Å². The summed E-state index contributed by atoms with van der Waals surface area (Å²) in [6.45, 7) is 0.736. The standard InChI is InChI=1S/C25H28F3N3O3/c26-25(27,28)21-11-5-2-8-17(21)14-29-23(33)19-15-31(18-9-3-4-10-18)16-20(22(19)32)24(34)30-12-6-1-7-13-30/h2,5,8,11,15-16,18H,1,3-4,6-7,9-10,12-14H2,(H,29,33). The summed E-state index contributed by atoms with van der Waals surface area (Å²) < 4.78 is 41.7. The van der Waals surface area contributed by atoms with Crippen LogP contribution in [0.3, 0.4) is 0 Å². The molecular formula is C25H28F3N3O3. The highest BCUT2D eigenvalue weighted by Gasteiger charge is 2.33. The second-order valence-electron chi connectivity index (χ2n) is 8.99. The van der Waals surface area contributed by atoms with E-state index < -0.39 is 29.0 Å². The van der Waals surface area contributed by atoms with Gasteiger partial charge in [-0.1, -0.05) is 31.0 Å². The van der Waals surface area contributed by atoms with Gasteiger partial charge in [0.2, 0.25) is 5.43 Å². The minimum Gasteiger partial charge on any atom is -0.349 e. The molecule has 2 heterocycles. The number of alkyl halides is 3. The van der Waals surface area contributed by atoms with Crippen LogP contribution in [0.4, 0.5) is 13.2 Å². The lowest BCUT2D eigenvalue weighted by molar-refractivity contribution is -0.138. The van der Waals surface area contributed by atoms with Crippen molar-refractivity contribution in [3.8, 4) is 0 Å². The van der Waals surface area contributed by atoms with Crippen LogP contribution < -0.4 is 10.7 Å². The lowest BCUT2D eigenvalue weighted by Gasteiger charge is -2.27. The van der Waals surface area contributed by atoms with E-state index in [-0.39, 0.29) is 29.3 Å². The minimum atomic E-state index is -4.56. The van der Waals surface area contributed by atoms with Crippen molar-refractivity contribution in [3.05, 3.63) is 69.1 Å². The Bertz CT molecular complexity index is 1110. The van der Waals surface area contributed by atoms with Crippen LogP contribution in [0.5, 0.6) is 0 Å². The Morgan fingerprint density at radius 1 is 0.941 bits per heavy atom. The predicted octanol–water partition coefficient (Wildman–Crippen LogP) is 4.54. The van der Waals surface area contributed by atoms with Gasteiger partial charge in [-0.3, -0.25) is 14.4 Å². The summed E-state index contributed by atoms with van der Waals surface area (Å²) in [6.07, 6.45) is 4.96. The fourth-order valence-electron chi connectivity index (χ4n) is 4.81. The van der Waals surface area contributed by atoms with E-state index >= 15 is 0 Å². The van der Waals surface area contributed by atoms with Crippen molar-refractivity contribution >= 4 is 11.8 Å². The number of carbonyl (C=O) groups excluding carboxylic acids is 2. The molecule has 0 atom stereocenters. The number of nitrogens with one attached hydrogen (secondary N) is 1. The number of hydrogen-bond acceptors (Lipinski definition) is 3. The fraction of sp³-hybridized carbons (Fsp3) is 0.480. The number of pyridine rings is 1. The monoisotopic (exact) mass is 475 g/mol. The van der Waals surface area contributed by atoms with E-state index in [1.165, 1.54) is 24.4 Å². The molecule has 0 spiro atoms. The van der Waals surface area contributed by atoms with Gasteiger partial charge in [-0.15, -0.1) is 0 Å². The quantitative estimate of drug-likeness (QED) is 0.690. The van der Waals surface area contributed by atoms with E-state index in [0.29, 0.717) is 13.1 Å².